The van der Waals surface area contributed by atoms with Crippen molar-refractivity contribution in [3.8, 4) is 0 Å². The molecule has 0 atom stereocenters. The lowest BCUT2D eigenvalue weighted by atomic mass is 9.93. The van der Waals surface area contributed by atoms with Crippen molar-refractivity contribution < 1.29 is 5.11 Å². The Bertz CT molecular complexity index is 374. The van der Waals surface area contributed by atoms with Crippen LogP contribution in [0.15, 0.2) is 5.18 Å². The summed E-state index contributed by atoms with van der Waals surface area (Å²) < 4.78 is 0. The van der Waals surface area contributed by atoms with Crippen LogP contribution in [0.3, 0.4) is 0 Å². The van der Waals surface area contributed by atoms with E-state index in [1.165, 1.54) is 89.3 Å². The van der Waals surface area contributed by atoms with Crippen LogP contribution in [0.25, 0.3) is 0 Å². The van der Waals surface area contributed by atoms with Gasteiger partial charge in [-0.15, -0.1) is 0 Å². The van der Waals surface area contributed by atoms with E-state index in [0.29, 0.717) is 13.2 Å². The number of hydrogen-bond acceptors (Lipinski definition) is 7. The minimum atomic E-state index is 0.357. The number of aliphatic hydroxyl groups excluding tert-OH is 1. The summed E-state index contributed by atoms with van der Waals surface area (Å²) in [4.78, 5) is 15.4. The number of hydrogen-bond donors (Lipinski definition) is 1. The molecule has 2 saturated heterocycles. The van der Waals surface area contributed by atoms with Gasteiger partial charge >= 0.3 is 0 Å². The van der Waals surface area contributed by atoms with Crippen molar-refractivity contribution in [3.05, 3.63) is 4.91 Å². The fraction of sp³-hybridized carbons (Fsp3) is 1.00. The van der Waals surface area contributed by atoms with Crippen molar-refractivity contribution in [1.82, 2.24) is 9.80 Å². The number of nitrogens with zero attached hydrogens (tertiary/aromatic N) is 3. The zero-order chi connectivity index (χ0) is 19.2. The van der Waals surface area contributed by atoms with E-state index in [0.717, 1.165) is 24.7 Å². The van der Waals surface area contributed by atoms with Gasteiger partial charge in [0.25, 0.3) is 0 Å². The molecule has 7 heteroatoms. The third-order valence-corrected chi connectivity index (χ3v) is 8.64. The van der Waals surface area contributed by atoms with Crippen molar-refractivity contribution >= 4 is 21.6 Å². The number of rotatable bonds is 14. The predicted octanol–water partition coefficient (Wildman–Crippen LogP) is 4.11. The van der Waals surface area contributed by atoms with Gasteiger partial charge in [0.05, 0.1) is 6.54 Å². The zero-order valence-electron chi connectivity index (χ0n) is 16.9. The van der Waals surface area contributed by atoms with Crippen LogP contribution in [0.2, 0.25) is 0 Å². The van der Waals surface area contributed by atoms with Crippen molar-refractivity contribution in [2.75, 3.05) is 63.9 Å². The lowest BCUT2D eigenvalue weighted by Gasteiger charge is -2.31. The number of piperidine rings is 2. The Morgan fingerprint density at radius 1 is 0.815 bits per heavy atom. The summed E-state index contributed by atoms with van der Waals surface area (Å²) in [5, 5.41) is 12.0. The molecule has 0 aliphatic carbocycles. The second kappa shape index (κ2) is 15.1. The van der Waals surface area contributed by atoms with Crippen molar-refractivity contribution in [2.45, 2.75) is 51.4 Å². The molecule has 0 spiro atoms. The average Bonchev–Trinajstić information content (AvgIpc) is 2.71. The van der Waals surface area contributed by atoms with E-state index < -0.39 is 0 Å². The van der Waals surface area contributed by atoms with Crippen LogP contribution in [-0.4, -0.2) is 78.8 Å². The lowest BCUT2D eigenvalue weighted by Crippen LogP contribution is -2.34. The Balaban J connectivity index is 1.35. The maximum atomic E-state index is 10.2. The molecule has 2 aliphatic heterocycles. The molecule has 0 amide bonds. The first kappa shape index (κ1) is 23.5. The molecule has 0 aromatic heterocycles. The molecule has 0 aromatic rings. The first-order valence-electron chi connectivity index (χ1n) is 10.9. The number of nitroso groups, excluding NO2 is 1. The second-order valence-electron chi connectivity index (χ2n) is 8.07. The Labute approximate surface area is 173 Å². The standard InChI is InChI=1S/C20H39N3O2S2/c24-16-8-20-6-14-23(15-7-20)11-2-18-27-26-17-1-10-22-12-4-19(5-13-22)3-9-21-25/h19-20,24H,1-18H2. The molecule has 2 fully saturated rings. The monoisotopic (exact) mass is 417 g/mol. The number of aliphatic hydroxyl groups is 1. The highest BCUT2D eigenvalue weighted by Gasteiger charge is 2.19. The molecule has 0 saturated carbocycles. The van der Waals surface area contributed by atoms with Crippen LogP contribution in [0.5, 0.6) is 0 Å². The predicted molar refractivity (Wildman–Crippen MR) is 119 cm³/mol. The normalized spacial score (nSPS) is 20.9. The Hall–Kier alpha value is 0.180. The molecule has 158 valence electrons. The van der Waals surface area contributed by atoms with Gasteiger partial charge in [0.2, 0.25) is 0 Å². The maximum Gasteiger partial charge on any atom is 0.0813 e. The molecule has 1 N–H and O–H groups in total. The summed E-state index contributed by atoms with van der Waals surface area (Å²) in [7, 11) is 4.09. The SMILES string of the molecule is O=NCCC1CCN(CCCSSCCCN2CCC(CCO)CC2)CC1. The molecule has 0 aromatic carbocycles. The molecule has 2 aliphatic rings. The maximum absolute atomic E-state index is 10.2. The van der Waals surface area contributed by atoms with E-state index in [4.69, 9.17) is 5.11 Å². The van der Waals surface area contributed by atoms with Crippen molar-refractivity contribution in [1.29, 1.82) is 0 Å². The third-order valence-electron chi connectivity index (χ3n) is 6.07. The highest BCUT2D eigenvalue weighted by atomic mass is 33.1. The summed E-state index contributed by atoms with van der Waals surface area (Å²) >= 11 is 0. The largest absolute Gasteiger partial charge is 0.396 e. The Kier molecular flexibility index (Phi) is 13.1. The smallest absolute Gasteiger partial charge is 0.0813 e. The molecule has 0 bridgehead atoms. The van der Waals surface area contributed by atoms with Crippen LogP contribution in [0.4, 0.5) is 0 Å². The molecule has 2 heterocycles. The van der Waals surface area contributed by atoms with Gasteiger partial charge in [-0.1, -0.05) is 26.8 Å². The fourth-order valence-corrected chi connectivity index (χ4v) is 6.37. The first-order chi connectivity index (χ1) is 13.3. The van der Waals surface area contributed by atoms with Crippen LogP contribution in [0, 0.1) is 16.7 Å². The van der Waals surface area contributed by atoms with Crippen LogP contribution >= 0.6 is 21.6 Å². The molecular formula is C20H39N3O2S2. The summed E-state index contributed by atoms with van der Waals surface area (Å²) in [6, 6.07) is 0. The summed E-state index contributed by atoms with van der Waals surface area (Å²) in [6.07, 6.45) is 9.60. The fourth-order valence-electron chi connectivity index (χ4n) is 4.23. The van der Waals surface area contributed by atoms with Crippen LogP contribution in [0.1, 0.15) is 51.4 Å². The van der Waals surface area contributed by atoms with E-state index >= 15 is 0 Å². The summed E-state index contributed by atoms with van der Waals surface area (Å²) in [6.45, 7) is 8.20. The summed E-state index contributed by atoms with van der Waals surface area (Å²) in [5.74, 6) is 4.00. The minimum absolute atomic E-state index is 0.357. The first-order valence-corrected chi connectivity index (χ1v) is 13.4. The Morgan fingerprint density at radius 2 is 1.30 bits per heavy atom. The van der Waals surface area contributed by atoms with E-state index in [1.54, 1.807) is 0 Å². The van der Waals surface area contributed by atoms with Crippen LogP contribution < -0.4 is 0 Å². The Morgan fingerprint density at radius 3 is 1.74 bits per heavy atom. The highest BCUT2D eigenvalue weighted by molar-refractivity contribution is 8.76. The van der Waals surface area contributed by atoms with Gasteiger partial charge in [0, 0.05) is 18.1 Å². The van der Waals surface area contributed by atoms with Gasteiger partial charge in [0.1, 0.15) is 0 Å². The van der Waals surface area contributed by atoms with Crippen molar-refractivity contribution in [2.24, 2.45) is 17.0 Å². The van der Waals surface area contributed by atoms with Crippen LogP contribution in [-0.2, 0) is 0 Å². The molecule has 0 unspecified atom stereocenters. The summed E-state index contributed by atoms with van der Waals surface area (Å²) in [5.41, 5.74) is 0. The van der Waals surface area contributed by atoms with E-state index in [1.807, 2.05) is 21.6 Å². The zero-order valence-corrected chi connectivity index (χ0v) is 18.5. The lowest BCUT2D eigenvalue weighted by molar-refractivity contribution is 0.159. The average molecular weight is 418 g/mol. The van der Waals surface area contributed by atoms with Gasteiger partial charge < -0.3 is 14.9 Å². The molecule has 2 rings (SSSR count). The van der Waals surface area contributed by atoms with Crippen molar-refractivity contribution in [3.63, 3.8) is 0 Å². The molecule has 0 radical (unpaired) electrons. The molecule has 27 heavy (non-hydrogen) atoms. The number of likely N-dealkylation sites (tertiary alicyclic amines) is 2. The van der Waals surface area contributed by atoms with Gasteiger partial charge in [-0.25, -0.2) is 0 Å². The molecule has 5 nitrogen and oxygen atoms in total. The van der Waals surface area contributed by atoms with Gasteiger partial charge in [0.15, 0.2) is 0 Å². The molecular weight excluding hydrogens is 378 g/mol. The quantitative estimate of drug-likeness (QED) is 0.261. The topological polar surface area (TPSA) is 56.1 Å². The van der Waals surface area contributed by atoms with Gasteiger partial charge in [-0.2, -0.15) is 4.91 Å². The van der Waals surface area contributed by atoms with Gasteiger partial charge in [-0.05, 0) is 102 Å². The van der Waals surface area contributed by atoms with E-state index in [9.17, 15) is 4.91 Å². The van der Waals surface area contributed by atoms with E-state index in [2.05, 4.69) is 15.0 Å². The second-order valence-corrected chi connectivity index (χ2v) is 10.8. The minimum Gasteiger partial charge on any atom is -0.396 e. The van der Waals surface area contributed by atoms with Gasteiger partial charge in [-0.3, -0.25) is 0 Å². The highest BCUT2D eigenvalue weighted by Crippen LogP contribution is 2.25. The third kappa shape index (κ3) is 10.5. The van der Waals surface area contributed by atoms with E-state index in [-0.39, 0.29) is 0 Å².